The van der Waals surface area contributed by atoms with Crippen molar-refractivity contribution in [3.63, 3.8) is 0 Å². The molecule has 1 saturated carbocycles. The van der Waals surface area contributed by atoms with Crippen molar-refractivity contribution >= 4 is 12.2 Å². The maximum absolute atomic E-state index is 14.4. The van der Waals surface area contributed by atoms with Gasteiger partial charge in [-0.3, -0.25) is 0 Å². The topological polar surface area (TPSA) is 24.0 Å². The summed E-state index contributed by atoms with van der Waals surface area (Å²) in [6.45, 7) is 4.91. The van der Waals surface area contributed by atoms with Gasteiger partial charge >= 0.3 is 0 Å². The Morgan fingerprint density at radius 3 is 2.92 bits per heavy atom. The van der Waals surface area contributed by atoms with Crippen molar-refractivity contribution in [2.45, 2.75) is 50.5 Å². The fraction of sp³-hybridized carbons (Fsp3) is 0.550. The second-order valence-corrected chi connectivity index (χ2v) is 8.21. The fourth-order valence-corrected chi connectivity index (χ4v) is 4.79. The average molecular weight is 378 g/mol. The third-order valence-corrected chi connectivity index (χ3v) is 6.37. The minimum atomic E-state index is -0.374. The number of rotatable bonds is 7. The van der Waals surface area contributed by atoms with E-state index in [1.54, 1.807) is 0 Å². The number of hydrogen-bond acceptors (Lipinski definition) is 2. The van der Waals surface area contributed by atoms with Crippen LogP contribution in [0.15, 0.2) is 18.2 Å². The molecular weight excluding hydrogens is 352 g/mol. The van der Waals surface area contributed by atoms with E-state index in [9.17, 15) is 8.78 Å². The van der Waals surface area contributed by atoms with Gasteiger partial charge in [0.25, 0.3) is 0 Å². The van der Waals surface area contributed by atoms with Crippen LogP contribution in [0, 0.1) is 16.4 Å². The number of aromatic amines is 1. The van der Waals surface area contributed by atoms with Crippen LogP contribution in [-0.4, -0.2) is 34.6 Å². The van der Waals surface area contributed by atoms with Crippen LogP contribution < -0.4 is 0 Å². The third kappa shape index (κ3) is 2.83. The van der Waals surface area contributed by atoms with E-state index in [1.165, 1.54) is 42.4 Å². The molecule has 0 spiro atoms. The van der Waals surface area contributed by atoms with E-state index < -0.39 is 0 Å². The Labute approximate surface area is 158 Å². The van der Waals surface area contributed by atoms with Crippen molar-refractivity contribution < 1.29 is 8.78 Å². The lowest BCUT2D eigenvalue weighted by Gasteiger charge is -2.15. The lowest BCUT2D eigenvalue weighted by molar-refractivity contribution is 0.331. The van der Waals surface area contributed by atoms with Gasteiger partial charge in [-0.15, -0.1) is 0 Å². The van der Waals surface area contributed by atoms with Crippen LogP contribution in [0.2, 0.25) is 0 Å². The fourth-order valence-electron chi connectivity index (χ4n) is 4.50. The summed E-state index contributed by atoms with van der Waals surface area (Å²) in [5.41, 5.74) is 2.57. The van der Waals surface area contributed by atoms with Gasteiger partial charge in [0.2, 0.25) is 0 Å². The van der Waals surface area contributed by atoms with Crippen molar-refractivity contribution in [1.82, 2.24) is 14.5 Å². The number of unbranched alkanes of at least 4 members (excludes halogenated alkanes) is 1. The zero-order valence-corrected chi connectivity index (χ0v) is 16.1. The van der Waals surface area contributed by atoms with Crippen LogP contribution in [-0.2, 0) is 18.4 Å². The molecule has 0 radical (unpaired) electrons. The number of imidazole rings is 1. The molecule has 0 amide bonds. The average Bonchev–Trinajstić information content (AvgIpc) is 3.11. The molecule has 2 aliphatic rings. The summed E-state index contributed by atoms with van der Waals surface area (Å²) < 4.78 is 30.9. The molecule has 6 heteroatoms. The number of hydrogen-bond donors (Lipinski definition) is 1. The molecule has 0 saturated heterocycles. The highest BCUT2D eigenvalue weighted by Gasteiger charge is 2.63. The second-order valence-electron chi connectivity index (χ2n) is 7.82. The van der Waals surface area contributed by atoms with Crippen molar-refractivity contribution in [2.75, 3.05) is 20.1 Å². The molecule has 3 nitrogen and oxygen atoms in total. The van der Waals surface area contributed by atoms with Gasteiger partial charge in [-0.2, -0.15) is 0 Å². The molecule has 2 aromatic rings. The van der Waals surface area contributed by atoms with E-state index in [0.29, 0.717) is 16.9 Å². The van der Waals surface area contributed by atoms with Gasteiger partial charge in [-0.05, 0) is 62.4 Å². The molecule has 2 atom stereocenters. The highest BCUT2D eigenvalue weighted by Crippen LogP contribution is 2.66. The van der Waals surface area contributed by atoms with Gasteiger partial charge in [0, 0.05) is 42.2 Å². The van der Waals surface area contributed by atoms with E-state index in [4.69, 9.17) is 12.2 Å². The summed E-state index contributed by atoms with van der Waals surface area (Å²) in [5, 5.41) is 0. The molecule has 1 fully saturated rings. The van der Waals surface area contributed by atoms with Gasteiger partial charge in [0.15, 0.2) is 4.77 Å². The number of fused-ring (bicyclic) bond motifs is 3. The first-order valence-electron chi connectivity index (χ1n) is 9.42. The molecule has 1 N–H and O–H groups in total. The van der Waals surface area contributed by atoms with Crippen molar-refractivity contribution in [2.24, 2.45) is 0 Å². The van der Waals surface area contributed by atoms with E-state index in [1.807, 2.05) is 0 Å². The van der Waals surface area contributed by atoms with Gasteiger partial charge < -0.3 is 14.5 Å². The predicted octanol–water partition coefficient (Wildman–Crippen LogP) is 4.54. The number of nitrogens with zero attached hydrogens (tertiary/aromatic N) is 2. The smallest absolute Gasteiger partial charge is 0.177 e. The SMILES string of the molecule is CCCCN(C)CCc1[nH]c(=S)n2c1[C@@H]1C[C@]1(c1cc(F)ccc1F)C2. The molecule has 0 unspecified atom stereocenters. The van der Waals surface area contributed by atoms with Crippen LogP contribution in [0.1, 0.15) is 49.1 Å². The van der Waals surface area contributed by atoms with Crippen molar-refractivity contribution in [3.8, 4) is 0 Å². The highest BCUT2D eigenvalue weighted by atomic mass is 32.1. The molecule has 2 heterocycles. The van der Waals surface area contributed by atoms with Crippen molar-refractivity contribution in [1.29, 1.82) is 0 Å². The molecule has 1 aliphatic heterocycles. The monoisotopic (exact) mass is 377 g/mol. The van der Waals surface area contributed by atoms with Crippen LogP contribution in [0.5, 0.6) is 0 Å². The summed E-state index contributed by atoms with van der Waals surface area (Å²) in [6.07, 6.45) is 4.17. The van der Waals surface area contributed by atoms with E-state index in [-0.39, 0.29) is 23.0 Å². The Balaban J connectivity index is 1.57. The minimum absolute atomic E-state index is 0.239. The zero-order chi connectivity index (χ0) is 18.5. The predicted molar refractivity (Wildman–Crippen MR) is 101 cm³/mol. The van der Waals surface area contributed by atoms with Gasteiger partial charge in [0.1, 0.15) is 11.6 Å². The quantitative estimate of drug-likeness (QED) is 0.717. The Kier molecular flexibility index (Phi) is 4.51. The van der Waals surface area contributed by atoms with Crippen LogP contribution >= 0.6 is 12.2 Å². The number of H-pyrrole nitrogens is 1. The lowest BCUT2D eigenvalue weighted by Crippen LogP contribution is -2.22. The van der Waals surface area contributed by atoms with E-state index >= 15 is 0 Å². The normalized spacial score (nSPS) is 23.3. The summed E-state index contributed by atoms with van der Waals surface area (Å²) in [6, 6.07) is 3.80. The van der Waals surface area contributed by atoms with E-state index in [0.717, 1.165) is 25.9 Å². The van der Waals surface area contributed by atoms with Gasteiger partial charge in [-0.1, -0.05) is 13.3 Å². The van der Waals surface area contributed by atoms with Gasteiger partial charge in [-0.25, -0.2) is 8.78 Å². The second kappa shape index (κ2) is 6.57. The maximum atomic E-state index is 14.4. The zero-order valence-electron chi connectivity index (χ0n) is 15.3. The van der Waals surface area contributed by atoms with Gasteiger partial charge in [0.05, 0.1) is 0 Å². The largest absolute Gasteiger partial charge is 0.334 e. The summed E-state index contributed by atoms with van der Waals surface area (Å²) in [4.78, 5) is 5.70. The Morgan fingerprint density at radius 1 is 1.35 bits per heavy atom. The molecular formula is C20H25F2N3S. The van der Waals surface area contributed by atoms with Crippen LogP contribution in [0.4, 0.5) is 8.78 Å². The molecule has 1 aliphatic carbocycles. The third-order valence-electron chi connectivity index (χ3n) is 6.05. The number of halogens is 2. The van der Waals surface area contributed by atoms with Crippen molar-refractivity contribution in [3.05, 3.63) is 51.6 Å². The van der Waals surface area contributed by atoms with Crippen LogP contribution in [0.25, 0.3) is 0 Å². The van der Waals surface area contributed by atoms with E-state index in [2.05, 4.69) is 28.4 Å². The summed E-state index contributed by atoms with van der Waals surface area (Å²) in [7, 11) is 2.14. The minimum Gasteiger partial charge on any atom is -0.334 e. The Hall–Kier alpha value is -1.53. The highest BCUT2D eigenvalue weighted by molar-refractivity contribution is 7.71. The summed E-state index contributed by atoms with van der Waals surface area (Å²) in [5.74, 6) is -0.445. The number of aromatic nitrogens is 2. The standard InChI is InChI=1S/C20H25F2N3S/c1-3-4-8-24(2)9-7-17-18-15-11-20(15,12-25(18)19(26)23-17)14-10-13(21)5-6-16(14)22/h5-6,10,15H,3-4,7-9,11-12H2,1-2H3,(H,23,26)/t15-,20+/m0/s1. The first kappa shape index (κ1) is 17.9. The Morgan fingerprint density at radius 2 is 2.15 bits per heavy atom. The molecule has 140 valence electrons. The molecule has 0 bridgehead atoms. The molecule has 26 heavy (non-hydrogen) atoms. The molecule has 1 aromatic heterocycles. The number of benzene rings is 1. The maximum Gasteiger partial charge on any atom is 0.177 e. The first-order valence-corrected chi connectivity index (χ1v) is 9.82. The number of likely N-dealkylation sites (N-methyl/N-ethyl adjacent to an activating group) is 1. The Bertz CT molecular complexity index is 888. The first-order chi connectivity index (χ1) is 12.5. The molecule has 1 aromatic carbocycles. The summed E-state index contributed by atoms with van der Waals surface area (Å²) >= 11 is 5.51. The van der Waals surface area contributed by atoms with Crippen LogP contribution in [0.3, 0.4) is 0 Å². The lowest BCUT2D eigenvalue weighted by atomic mass is 9.93. The number of nitrogens with one attached hydrogen (secondary N) is 1. The molecule has 4 rings (SSSR count).